The first-order valence-electron chi connectivity index (χ1n) is 10.3. The zero-order chi connectivity index (χ0) is 27.1. The Morgan fingerprint density at radius 3 is 1.69 bits per heavy atom. The van der Waals surface area contributed by atoms with Crippen molar-refractivity contribution in [1.29, 1.82) is 0 Å². The van der Waals surface area contributed by atoms with Crippen LogP contribution in [0.25, 0.3) is 0 Å². The largest absolute Gasteiger partial charge is 0.513 e. The Balaban J connectivity index is 0.000000355. The third-order valence-electron chi connectivity index (χ3n) is 4.57. The average molecular weight is 530 g/mol. The van der Waals surface area contributed by atoms with Gasteiger partial charge in [0.1, 0.15) is 0 Å². The Bertz CT molecular complexity index is 1090. The molecule has 0 bridgehead atoms. The summed E-state index contributed by atoms with van der Waals surface area (Å²) in [4.78, 5) is 32.5. The molecule has 2 aromatic rings. The maximum Gasteiger partial charge on any atom is 0.513 e. The summed E-state index contributed by atoms with van der Waals surface area (Å²) in [6.45, 7) is 11.7. The van der Waals surface area contributed by atoms with E-state index in [0.29, 0.717) is 16.3 Å². The van der Waals surface area contributed by atoms with Crippen LogP contribution < -0.4 is 9.47 Å². The van der Waals surface area contributed by atoms with Crippen LogP contribution in [0.5, 0.6) is 11.5 Å². The fraction of sp³-hybridized carbons (Fsp3) is 0.417. The quantitative estimate of drug-likeness (QED) is 0.174. The summed E-state index contributed by atoms with van der Waals surface area (Å²) >= 11 is 12.0. The minimum absolute atomic E-state index is 0.00738. The molecule has 0 aliphatic rings. The molecule has 0 fully saturated rings. The van der Waals surface area contributed by atoms with Crippen LogP contribution in [-0.4, -0.2) is 31.5 Å². The molecular weight excluding hydrogens is 501 g/mol. The fourth-order valence-corrected chi connectivity index (χ4v) is 3.11. The molecule has 0 spiro atoms. The second-order valence-corrected chi connectivity index (χ2v) is 10.1. The highest BCUT2D eigenvalue weighted by Crippen LogP contribution is 2.38. The summed E-state index contributed by atoms with van der Waals surface area (Å²) in [6, 6.07) is 7.89. The van der Waals surface area contributed by atoms with Crippen LogP contribution in [0.3, 0.4) is 0 Å². The predicted octanol–water partition coefficient (Wildman–Crippen LogP) is 7.47. The Morgan fingerprint density at radius 2 is 1.29 bits per heavy atom. The zero-order valence-corrected chi connectivity index (χ0v) is 22.4. The molecule has 2 aromatic carbocycles. The van der Waals surface area contributed by atoms with Crippen molar-refractivity contribution in [3.8, 4) is 11.5 Å². The molecule has 0 unspecified atom stereocenters. The van der Waals surface area contributed by atoms with Gasteiger partial charge in [0.15, 0.2) is 11.5 Å². The summed E-state index contributed by atoms with van der Waals surface area (Å²) in [6.07, 6.45) is -1.76. The van der Waals surface area contributed by atoms with E-state index in [9.17, 15) is 19.7 Å². The third kappa shape index (κ3) is 8.92. The molecule has 35 heavy (non-hydrogen) atoms. The second kappa shape index (κ2) is 12.1. The monoisotopic (exact) mass is 529 g/mol. The summed E-state index contributed by atoms with van der Waals surface area (Å²) in [5.74, 6) is 0.203. The summed E-state index contributed by atoms with van der Waals surface area (Å²) in [5, 5.41) is 11.6. The van der Waals surface area contributed by atoms with E-state index in [2.05, 4.69) is 30.2 Å². The van der Waals surface area contributed by atoms with E-state index in [-0.39, 0.29) is 21.9 Å². The summed E-state index contributed by atoms with van der Waals surface area (Å²) in [7, 11) is 2.38. The van der Waals surface area contributed by atoms with Crippen molar-refractivity contribution < 1.29 is 33.5 Å². The normalized spacial score (nSPS) is 11.0. The standard InChI is InChI=1S/C12H14ClNO5.C12H15ClO3/c1-12(2,3)7-5-8(13)10(19-11(15)18-4)6-9(7)14(16)17;1-12(2,3)8-5-6-10(9(13)7-8)16-11(14)15-4/h5-6H,1-4H3;5-7H,1-4H3. The Kier molecular flexibility index (Phi) is 10.4. The minimum Gasteiger partial charge on any atom is -0.437 e. The first kappa shape index (κ1) is 30.0. The number of rotatable bonds is 3. The first-order valence-corrected chi connectivity index (χ1v) is 11.1. The molecule has 0 amide bonds. The number of hydrogen-bond acceptors (Lipinski definition) is 8. The topological polar surface area (TPSA) is 114 Å². The number of nitrogens with zero attached hydrogens (tertiary/aromatic N) is 1. The van der Waals surface area contributed by atoms with Crippen molar-refractivity contribution >= 4 is 41.2 Å². The highest BCUT2D eigenvalue weighted by Gasteiger charge is 2.28. The van der Waals surface area contributed by atoms with Gasteiger partial charge in [-0.25, -0.2) is 9.59 Å². The molecule has 0 aliphatic carbocycles. The van der Waals surface area contributed by atoms with Crippen molar-refractivity contribution in [1.82, 2.24) is 0 Å². The molecule has 0 heterocycles. The molecule has 0 N–H and O–H groups in total. The van der Waals surface area contributed by atoms with Gasteiger partial charge in [-0.2, -0.15) is 0 Å². The van der Waals surface area contributed by atoms with Gasteiger partial charge in [0, 0.05) is 5.56 Å². The van der Waals surface area contributed by atoms with Crippen LogP contribution in [0.4, 0.5) is 15.3 Å². The van der Waals surface area contributed by atoms with Gasteiger partial charge in [0.2, 0.25) is 0 Å². The van der Waals surface area contributed by atoms with Crippen LogP contribution in [0.1, 0.15) is 52.7 Å². The lowest BCUT2D eigenvalue weighted by molar-refractivity contribution is -0.386. The van der Waals surface area contributed by atoms with Crippen LogP contribution in [0.15, 0.2) is 30.3 Å². The van der Waals surface area contributed by atoms with E-state index in [0.717, 1.165) is 18.7 Å². The maximum absolute atomic E-state index is 11.1. The van der Waals surface area contributed by atoms with Gasteiger partial charge in [0.25, 0.3) is 5.69 Å². The summed E-state index contributed by atoms with van der Waals surface area (Å²) in [5.41, 5.74) is 0.925. The lowest BCUT2D eigenvalue weighted by atomic mass is 9.86. The molecule has 0 aromatic heterocycles. The van der Waals surface area contributed by atoms with E-state index < -0.39 is 22.6 Å². The highest BCUT2D eigenvalue weighted by atomic mass is 35.5. The van der Waals surface area contributed by atoms with Crippen molar-refractivity contribution in [2.75, 3.05) is 14.2 Å². The number of nitro groups is 1. The van der Waals surface area contributed by atoms with Crippen LogP contribution in [0, 0.1) is 10.1 Å². The molecular formula is C24H29Cl2NO8. The number of halogens is 2. The number of methoxy groups -OCH3 is 2. The zero-order valence-electron chi connectivity index (χ0n) is 20.9. The summed E-state index contributed by atoms with van der Waals surface area (Å²) < 4.78 is 18.3. The number of carbonyl (C=O) groups is 2. The molecule has 0 radical (unpaired) electrons. The Hall–Kier alpha value is -3.04. The maximum atomic E-state index is 11.1. The van der Waals surface area contributed by atoms with Crippen molar-refractivity contribution in [3.63, 3.8) is 0 Å². The van der Waals surface area contributed by atoms with E-state index in [1.807, 2.05) is 26.8 Å². The van der Waals surface area contributed by atoms with Gasteiger partial charge in [-0.15, -0.1) is 0 Å². The molecule has 0 atom stereocenters. The SMILES string of the molecule is COC(=O)Oc1cc([N+](=O)[O-])c(C(C)(C)C)cc1Cl.COC(=O)Oc1ccc(C(C)(C)C)cc1Cl. The van der Waals surface area contributed by atoms with Gasteiger partial charge in [-0.05, 0) is 34.6 Å². The predicted molar refractivity (Wildman–Crippen MR) is 133 cm³/mol. The fourth-order valence-electron chi connectivity index (χ4n) is 2.69. The van der Waals surface area contributed by atoms with E-state index >= 15 is 0 Å². The van der Waals surface area contributed by atoms with Crippen LogP contribution in [0.2, 0.25) is 10.0 Å². The lowest BCUT2D eigenvalue weighted by Gasteiger charge is -2.19. The van der Waals surface area contributed by atoms with Gasteiger partial charge in [0.05, 0.1) is 35.3 Å². The highest BCUT2D eigenvalue weighted by molar-refractivity contribution is 6.32. The smallest absolute Gasteiger partial charge is 0.437 e. The number of ether oxygens (including phenoxy) is 4. The average Bonchev–Trinajstić information content (AvgIpc) is 2.74. The van der Waals surface area contributed by atoms with E-state index in [1.165, 1.54) is 13.2 Å². The van der Waals surface area contributed by atoms with E-state index in [4.69, 9.17) is 32.7 Å². The molecule has 0 saturated heterocycles. The van der Waals surface area contributed by atoms with Crippen molar-refractivity contribution in [2.24, 2.45) is 0 Å². The number of hydrogen-bond donors (Lipinski definition) is 0. The first-order chi connectivity index (χ1) is 16.0. The van der Waals surface area contributed by atoms with Crippen molar-refractivity contribution in [2.45, 2.75) is 52.4 Å². The minimum atomic E-state index is -0.986. The molecule has 11 heteroatoms. The van der Waals surface area contributed by atoms with Crippen molar-refractivity contribution in [3.05, 3.63) is 61.6 Å². The number of nitro benzene ring substituents is 1. The second-order valence-electron chi connectivity index (χ2n) is 9.31. The molecule has 0 aliphatic heterocycles. The molecule has 0 saturated carbocycles. The lowest BCUT2D eigenvalue weighted by Crippen LogP contribution is -2.15. The van der Waals surface area contributed by atoms with Gasteiger partial charge in [-0.3, -0.25) is 10.1 Å². The molecule has 192 valence electrons. The molecule has 9 nitrogen and oxygen atoms in total. The van der Waals surface area contributed by atoms with Gasteiger partial charge < -0.3 is 18.9 Å². The van der Waals surface area contributed by atoms with Gasteiger partial charge >= 0.3 is 12.3 Å². The number of benzene rings is 2. The number of carbonyl (C=O) groups excluding carboxylic acids is 2. The third-order valence-corrected chi connectivity index (χ3v) is 5.16. The Labute approximate surface area is 214 Å². The van der Waals surface area contributed by atoms with Crippen LogP contribution >= 0.6 is 23.2 Å². The van der Waals surface area contributed by atoms with Crippen LogP contribution in [-0.2, 0) is 20.3 Å². The van der Waals surface area contributed by atoms with Gasteiger partial charge in [-0.1, -0.05) is 70.8 Å². The molecule has 2 rings (SSSR count). The Morgan fingerprint density at radius 1 is 0.800 bits per heavy atom. The van der Waals surface area contributed by atoms with E-state index in [1.54, 1.807) is 12.1 Å².